The number of unbranched alkanes of at least 4 members (excludes halogenated alkanes) is 1. The van der Waals surface area contributed by atoms with Crippen molar-refractivity contribution in [1.29, 1.82) is 0 Å². The summed E-state index contributed by atoms with van der Waals surface area (Å²) in [7, 11) is 3.16. The summed E-state index contributed by atoms with van der Waals surface area (Å²) in [6, 6.07) is 8.84. The maximum Gasteiger partial charge on any atom is 0.262 e. The highest BCUT2D eigenvalue weighted by atomic mass is 32.2. The van der Waals surface area contributed by atoms with Gasteiger partial charge >= 0.3 is 0 Å². The van der Waals surface area contributed by atoms with Gasteiger partial charge in [-0.1, -0.05) is 30.3 Å². The van der Waals surface area contributed by atoms with E-state index in [2.05, 4.69) is 17.1 Å². The van der Waals surface area contributed by atoms with Crippen molar-refractivity contribution in [3.8, 4) is 34.4 Å². The van der Waals surface area contributed by atoms with Crippen LogP contribution in [0.15, 0.2) is 44.8 Å². The molecular formula is C24H24N4O6S. The van der Waals surface area contributed by atoms with Gasteiger partial charge in [0, 0.05) is 24.2 Å². The van der Waals surface area contributed by atoms with Crippen LogP contribution in [0.2, 0.25) is 0 Å². The minimum Gasteiger partial charge on any atom is -0.497 e. The number of hydrogen-bond acceptors (Lipinski definition) is 10. The highest BCUT2D eigenvalue weighted by Gasteiger charge is 2.20. The second-order valence-corrected chi connectivity index (χ2v) is 8.77. The number of ether oxygens (including phenoxy) is 4. The number of rotatable bonds is 9. The van der Waals surface area contributed by atoms with Gasteiger partial charge in [0.1, 0.15) is 11.5 Å². The topological polar surface area (TPSA) is 111 Å². The van der Waals surface area contributed by atoms with E-state index in [-0.39, 0.29) is 12.4 Å². The predicted octanol–water partition coefficient (Wildman–Crippen LogP) is 4.28. The molecule has 0 bridgehead atoms. The summed E-state index contributed by atoms with van der Waals surface area (Å²) in [6.45, 7) is 2.78. The number of fused-ring (bicyclic) bond motifs is 2. The second-order valence-electron chi connectivity index (χ2n) is 7.83. The van der Waals surface area contributed by atoms with Crippen LogP contribution in [0.1, 0.15) is 25.7 Å². The first-order chi connectivity index (χ1) is 17.1. The molecule has 0 amide bonds. The first kappa shape index (κ1) is 23.0. The monoisotopic (exact) mass is 496 g/mol. The van der Waals surface area contributed by atoms with Gasteiger partial charge in [0.25, 0.3) is 5.56 Å². The van der Waals surface area contributed by atoms with Crippen molar-refractivity contribution in [3.63, 3.8) is 0 Å². The van der Waals surface area contributed by atoms with Crippen molar-refractivity contribution in [2.45, 2.75) is 37.2 Å². The normalized spacial score (nSPS) is 12.3. The summed E-state index contributed by atoms with van der Waals surface area (Å²) < 4.78 is 28.7. The maximum absolute atomic E-state index is 13.3. The molecule has 1 aliphatic heterocycles. The van der Waals surface area contributed by atoms with E-state index in [0.717, 1.165) is 12.8 Å². The van der Waals surface area contributed by atoms with Crippen LogP contribution >= 0.6 is 11.8 Å². The lowest BCUT2D eigenvalue weighted by Crippen LogP contribution is -2.23. The van der Waals surface area contributed by atoms with Gasteiger partial charge in [-0.25, -0.2) is 4.98 Å². The van der Waals surface area contributed by atoms with E-state index >= 15 is 0 Å². The summed E-state index contributed by atoms with van der Waals surface area (Å²) >= 11 is 1.37. The standard InChI is InChI=1S/C24H24N4O6S/c1-4-5-6-28-23(29)17-10-19-20(33-13-32-19)11-18(17)25-24(28)35-12-21-26-22(27-34-21)14-7-15(30-2)9-16(8-14)31-3/h7-11H,4-6,12-13H2,1-3H3. The molecule has 0 atom stereocenters. The molecule has 0 aliphatic carbocycles. The first-order valence-corrected chi connectivity index (χ1v) is 12.1. The van der Waals surface area contributed by atoms with E-state index in [1.807, 2.05) is 12.1 Å². The van der Waals surface area contributed by atoms with Gasteiger partial charge in [-0.05, 0) is 24.6 Å². The Morgan fingerprint density at radius 3 is 2.49 bits per heavy atom. The van der Waals surface area contributed by atoms with E-state index in [4.69, 9.17) is 28.5 Å². The van der Waals surface area contributed by atoms with Gasteiger partial charge in [0.2, 0.25) is 18.5 Å². The van der Waals surface area contributed by atoms with Crippen LogP contribution in [-0.2, 0) is 12.3 Å². The molecule has 0 fully saturated rings. The van der Waals surface area contributed by atoms with Crippen molar-refractivity contribution < 1.29 is 23.5 Å². The molecule has 0 unspecified atom stereocenters. The lowest BCUT2D eigenvalue weighted by molar-refractivity contribution is 0.174. The van der Waals surface area contributed by atoms with Gasteiger partial charge in [0.05, 0.1) is 30.9 Å². The summed E-state index contributed by atoms with van der Waals surface area (Å²) in [5.41, 5.74) is 1.16. The summed E-state index contributed by atoms with van der Waals surface area (Å²) in [5.74, 6) is 3.58. The molecule has 10 nitrogen and oxygen atoms in total. The minimum absolute atomic E-state index is 0.112. The third-order valence-corrected chi connectivity index (χ3v) is 6.51. The van der Waals surface area contributed by atoms with Gasteiger partial charge in [0.15, 0.2) is 16.7 Å². The highest BCUT2D eigenvalue weighted by molar-refractivity contribution is 7.98. The molecular weight excluding hydrogens is 472 g/mol. The second kappa shape index (κ2) is 9.87. The largest absolute Gasteiger partial charge is 0.497 e. The van der Waals surface area contributed by atoms with E-state index in [1.54, 1.807) is 37.0 Å². The smallest absolute Gasteiger partial charge is 0.262 e. The fourth-order valence-electron chi connectivity index (χ4n) is 3.71. The highest BCUT2D eigenvalue weighted by Crippen LogP contribution is 2.35. The Balaban J connectivity index is 1.43. The van der Waals surface area contributed by atoms with Crippen molar-refractivity contribution in [1.82, 2.24) is 19.7 Å². The Kier molecular flexibility index (Phi) is 6.49. The van der Waals surface area contributed by atoms with E-state index in [1.165, 1.54) is 11.8 Å². The number of nitrogens with zero attached hydrogens (tertiary/aromatic N) is 4. The molecule has 1 aliphatic rings. The van der Waals surface area contributed by atoms with Crippen LogP contribution in [0.5, 0.6) is 23.0 Å². The van der Waals surface area contributed by atoms with Crippen molar-refractivity contribution in [3.05, 3.63) is 46.6 Å². The number of aromatic nitrogens is 4. The zero-order valence-electron chi connectivity index (χ0n) is 19.6. The molecule has 0 saturated heterocycles. The van der Waals surface area contributed by atoms with Crippen LogP contribution in [0.3, 0.4) is 0 Å². The predicted molar refractivity (Wildman–Crippen MR) is 129 cm³/mol. The van der Waals surface area contributed by atoms with Gasteiger partial charge in [-0.15, -0.1) is 0 Å². The van der Waals surface area contributed by atoms with Crippen molar-refractivity contribution in [2.75, 3.05) is 21.0 Å². The van der Waals surface area contributed by atoms with E-state index < -0.39 is 0 Å². The number of methoxy groups -OCH3 is 2. The van der Waals surface area contributed by atoms with Crippen LogP contribution < -0.4 is 24.5 Å². The van der Waals surface area contributed by atoms with Gasteiger partial charge < -0.3 is 23.5 Å². The van der Waals surface area contributed by atoms with Crippen LogP contribution in [-0.4, -0.2) is 40.7 Å². The first-order valence-electron chi connectivity index (χ1n) is 11.1. The van der Waals surface area contributed by atoms with Gasteiger partial charge in [-0.2, -0.15) is 4.98 Å². The molecule has 2 aromatic heterocycles. The molecule has 0 spiro atoms. The Morgan fingerprint density at radius 2 is 1.77 bits per heavy atom. The summed E-state index contributed by atoms with van der Waals surface area (Å²) in [4.78, 5) is 22.6. The molecule has 4 aromatic rings. The Hall–Kier alpha value is -3.73. The number of thioether (sulfide) groups is 1. The average Bonchev–Trinajstić information content (AvgIpc) is 3.55. The molecule has 0 radical (unpaired) electrons. The SMILES string of the molecule is CCCCn1c(SCc2nc(-c3cc(OC)cc(OC)c3)no2)nc2cc3c(cc2c1=O)OCO3. The summed E-state index contributed by atoms with van der Waals surface area (Å²) in [5, 5.41) is 5.18. The number of hydrogen-bond donors (Lipinski definition) is 0. The van der Waals surface area contributed by atoms with Crippen LogP contribution in [0.4, 0.5) is 0 Å². The minimum atomic E-state index is -0.112. The Labute approximate surface area is 205 Å². The molecule has 5 rings (SSSR count). The molecule has 0 saturated carbocycles. The molecule has 3 heterocycles. The fraction of sp³-hybridized carbons (Fsp3) is 0.333. The third-order valence-electron chi connectivity index (χ3n) is 5.55. The van der Waals surface area contributed by atoms with Gasteiger partial charge in [-0.3, -0.25) is 9.36 Å². The Bertz CT molecular complexity index is 1410. The van der Waals surface area contributed by atoms with Crippen molar-refractivity contribution >= 4 is 22.7 Å². The molecule has 11 heteroatoms. The van der Waals surface area contributed by atoms with Crippen LogP contribution in [0.25, 0.3) is 22.3 Å². The lowest BCUT2D eigenvalue weighted by atomic mass is 10.2. The fourth-order valence-corrected chi connectivity index (χ4v) is 4.57. The average molecular weight is 497 g/mol. The Morgan fingerprint density at radius 1 is 1.03 bits per heavy atom. The van der Waals surface area contributed by atoms with E-state index in [0.29, 0.717) is 68.6 Å². The quantitative estimate of drug-likeness (QED) is 0.246. The molecule has 0 N–H and O–H groups in total. The molecule has 35 heavy (non-hydrogen) atoms. The van der Waals surface area contributed by atoms with E-state index in [9.17, 15) is 4.79 Å². The lowest BCUT2D eigenvalue weighted by Gasteiger charge is -2.12. The maximum atomic E-state index is 13.3. The summed E-state index contributed by atoms with van der Waals surface area (Å²) in [6.07, 6.45) is 1.81. The van der Waals surface area contributed by atoms with Crippen molar-refractivity contribution in [2.24, 2.45) is 0 Å². The zero-order valence-corrected chi connectivity index (χ0v) is 20.4. The number of benzene rings is 2. The molecule has 182 valence electrons. The molecule has 2 aromatic carbocycles. The zero-order chi connectivity index (χ0) is 24.4. The third kappa shape index (κ3) is 4.63. The van der Waals surface area contributed by atoms with Crippen LogP contribution in [0, 0.1) is 0 Å².